The Labute approximate surface area is 140 Å². The Morgan fingerprint density at radius 2 is 1.82 bits per heavy atom. The van der Waals surface area contributed by atoms with Crippen LogP contribution in [0.15, 0.2) is 30.3 Å². The Kier molecular flexibility index (Phi) is 7.91. The Morgan fingerprint density at radius 3 is 2.32 bits per heavy atom. The fourth-order valence-electron chi connectivity index (χ4n) is 3.17. The average molecular weight is 325 g/mol. The number of rotatable bonds is 5. The van der Waals surface area contributed by atoms with Gasteiger partial charge in [0.1, 0.15) is 0 Å². The number of carbonyl (C=O) groups excluding carboxylic acids is 1. The number of piperidine rings is 1. The number of amides is 1. The highest BCUT2D eigenvalue weighted by Crippen LogP contribution is 2.29. The summed E-state index contributed by atoms with van der Waals surface area (Å²) in [4.78, 5) is 14.6. The van der Waals surface area contributed by atoms with Gasteiger partial charge in [0.05, 0.1) is 0 Å². The molecule has 1 amide bonds. The molecule has 22 heavy (non-hydrogen) atoms. The first-order valence-corrected chi connectivity index (χ1v) is 8.11. The summed E-state index contributed by atoms with van der Waals surface area (Å²) in [6, 6.07) is 11.0. The number of benzene rings is 1. The largest absolute Gasteiger partial charge is 0.343 e. The smallest absolute Gasteiger partial charge is 0.223 e. The second-order valence-corrected chi connectivity index (χ2v) is 6.41. The molecule has 0 spiro atoms. The van der Waals surface area contributed by atoms with Crippen LogP contribution in [0.3, 0.4) is 0 Å². The van der Waals surface area contributed by atoms with Crippen LogP contribution < -0.4 is 5.32 Å². The molecule has 0 radical (unpaired) electrons. The molecular formula is C18H29ClN2O. The normalized spacial score (nSPS) is 17.2. The SMILES string of the molecule is CNC1CCN(C(=O)CC(c2ccccc2)C(C)C)CC1.Cl. The van der Waals surface area contributed by atoms with Gasteiger partial charge in [-0.1, -0.05) is 44.2 Å². The van der Waals surface area contributed by atoms with Crippen molar-refractivity contribution in [1.82, 2.24) is 10.2 Å². The van der Waals surface area contributed by atoms with E-state index in [1.165, 1.54) is 5.56 Å². The minimum absolute atomic E-state index is 0. The zero-order valence-electron chi connectivity index (χ0n) is 13.9. The van der Waals surface area contributed by atoms with E-state index in [1.807, 2.05) is 18.0 Å². The van der Waals surface area contributed by atoms with E-state index in [1.54, 1.807) is 0 Å². The first-order chi connectivity index (χ1) is 10.1. The number of likely N-dealkylation sites (tertiary alicyclic amines) is 1. The summed E-state index contributed by atoms with van der Waals surface area (Å²) in [5, 5.41) is 3.31. The minimum atomic E-state index is 0. The average Bonchev–Trinajstić information content (AvgIpc) is 2.53. The first-order valence-electron chi connectivity index (χ1n) is 8.11. The van der Waals surface area contributed by atoms with Crippen LogP contribution >= 0.6 is 12.4 Å². The number of nitrogens with zero attached hydrogens (tertiary/aromatic N) is 1. The zero-order chi connectivity index (χ0) is 15.2. The molecule has 0 bridgehead atoms. The van der Waals surface area contributed by atoms with E-state index in [-0.39, 0.29) is 12.4 Å². The van der Waals surface area contributed by atoms with Crippen molar-refractivity contribution in [2.24, 2.45) is 5.92 Å². The topological polar surface area (TPSA) is 32.3 Å². The summed E-state index contributed by atoms with van der Waals surface area (Å²) < 4.78 is 0. The molecule has 1 aromatic carbocycles. The monoisotopic (exact) mass is 324 g/mol. The van der Waals surface area contributed by atoms with E-state index in [0.29, 0.717) is 30.2 Å². The summed E-state index contributed by atoms with van der Waals surface area (Å²) in [7, 11) is 2.01. The van der Waals surface area contributed by atoms with Gasteiger partial charge in [0, 0.05) is 25.6 Å². The van der Waals surface area contributed by atoms with Gasteiger partial charge < -0.3 is 10.2 Å². The van der Waals surface area contributed by atoms with Crippen LogP contribution in [-0.4, -0.2) is 37.0 Å². The van der Waals surface area contributed by atoms with Gasteiger partial charge in [-0.05, 0) is 37.3 Å². The molecule has 1 unspecified atom stereocenters. The number of hydrogen-bond acceptors (Lipinski definition) is 2. The van der Waals surface area contributed by atoms with Crippen molar-refractivity contribution in [3.05, 3.63) is 35.9 Å². The van der Waals surface area contributed by atoms with Gasteiger partial charge in [0.15, 0.2) is 0 Å². The molecule has 1 aliphatic rings. The third-order valence-corrected chi connectivity index (χ3v) is 4.68. The second-order valence-electron chi connectivity index (χ2n) is 6.41. The molecule has 1 fully saturated rings. The summed E-state index contributed by atoms with van der Waals surface area (Å²) in [6.45, 7) is 6.20. The summed E-state index contributed by atoms with van der Waals surface area (Å²) in [5.41, 5.74) is 1.28. The summed E-state index contributed by atoms with van der Waals surface area (Å²) >= 11 is 0. The van der Waals surface area contributed by atoms with Crippen LogP contribution in [0.5, 0.6) is 0 Å². The van der Waals surface area contributed by atoms with Gasteiger partial charge >= 0.3 is 0 Å². The summed E-state index contributed by atoms with van der Waals surface area (Å²) in [5.74, 6) is 1.11. The second kappa shape index (κ2) is 9.16. The Hall–Kier alpha value is -1.06. The van der Waals surface area contributed by atoms with Gasteiger partial charge in [0.2, 0.25) is 5.91 Å². The van der Waals surface area contributed by atoms with E-state index in [2.05, 4.69) is 43.4 Å². The van der Waals surface area contributed by atoms with E-state index in [0.717, 1.165) is 25.9 Å². The number of nitrogens with one attached hydrogen (secondary N) is 1. The number of carbonyl (C=O) groups is 1. The lowest BCUT2D eigenvalue weighted by molar-refractivity contribution is -0.133. The lowest BCUT2D eigenvalue weighted by Crippen LogP contribution is -2.44. The lowest BCUT2D eigenvalue weighted by atomic mass is 9.85. The van der Waals surface area contributed by atoms with Gasteiger partial charge in [-0.15, -0.1) is 12.4 Å². The van der Waals surface area contributed by atoms with E-state index in [4.69, 9.17) is 0 Å². The molecule has 0 aliphatic carbocycles. The van der Waals surface area contributed by atoms with Crippen molar-refractivity contribution in [2.45, 2.75) is 45.1 Å². The maximum Gasteiger partial charge on any atom is 0.223 e. The van der Waals surface area contributed by atoms with E-state index < -0.39 is 0 Å². The highest BCUT2D eigenvalue weighted by atomic mass is 35.5. The van der Waals surface area contributed by atoms with Crippen LogP contribution in [0.2, 0.25) is 0 Å². The van der Waals surface area contributed by atoms with Crippen LogP contribution in [0, 0.1) is 5.92 Å². The molecule has 2 rings (SSSR count). The maximum atomic E-state index is 12.6. The quantitative estimate of drug-likeness (QED) is 0.899. The third kappa shape index (κ3) is 4.99. The standard InChI is InChI=1S/C18H28N2O.ClH/c1-14(2)17(15-7-5-4-6-8-15)13-18(21)20-11-9-16(19-3)10-12-20;/h4-8,14,16-17,19H,9-13H2,1-3H3;1H. The van der Waals surface area contributed by atoms with Gasteiger partial charge in [0.25, 0.3) is 0 Å². The van der Waals surface area contributed by atoms with Crippen molar-refractivity contribution in [3.8, 4) is 0 Å². The molecule has 0 saturated carbocycles. The molecule has 124 valence electrons. The van der Waals surface area contributed by atoms with Crippen molar-refractivity contribution in [3.63, 3.8) is 0 Å². The fourth-order valence-corrected chi connectivity index (χ4v) is 3.17. The molecular weight excluding hydrogens is 296 g/mol. The molecule has 1 N–H and O–H groups in total. The van der Waals surface area contributed by atoms with Crippen molar-refractivity contribution in [2.75, 3.05) is 20.1 Å². The van der Waals surface area contributed by atoms with Crippen molar-refractivity contribution < 1.29 is 4.79 Å². The Bertz CT molecular complexity index is 442. The van der Waals surface area contributed by atoms with Crippen LogP contribution in [-0.2, 0) is 4.79 Å². The zero-order valence-corrected chi connectivity index (χ0v) is 14.7. The fraction of sp³-hybridized carbons (Fsp3) is 0.611. The van der Waals surface area contributed by atoms with Gasteiger partial charge in [-0.25, -0.2) is 0 Å². The molecule has 1 atom stereocenters. The van der Waals surface area contributed by atoms with Crippen LogP contribution in [0.1, 0.15) is 44.6 Å². The highest BCUT2D eigenvalue weighted by Gasteiger charge is 2.25. The summed E-state index contributed by atoms with van der Waals surface area (Å²) in [6.07, 6.45) is 2.77. The molecule has 1 saturated heterocycles. The molecule has 1 aromatic rings. The van der Waals surface area contributed by atoms with E-state index in [9.17, 15) is 4.79 Å². The molecule has 1 heterocycles. The predicted molar refractivity (Wildman–Crippen MR) is 94.5 cm³/mol. The number of halogens is 1. The minimum Gasteiger partial charge on any atom is -0.343 e. The van der Waals surface area contributed by atoms with Crippen LogP contribution in [0.25, 0.3) is 0 Å². The lowest BCUT2D eigenvalue weighted by Gasteiger charge is -2.33. The predicted octanol–water partition coefficient (Wildman–Crippen LogP) is 3.45. The molecule has 1 aliphatic heterocycles. The van der Waals surface area contributed by atoms with Gasteiger partial charge in [-0.3, -0.25) is 4.79 Å². The molecule has 4 heteroatoms. The van der Waals surface area contributed by atoms with E-state index >= 15 is 0 Å². The Balaban J connectivity index is 0.00000242. The Morgan fingerprint density at radius 1 is 1.23 bits per heavy atom. The third-order valence-electron chi connectivity index (χ3n) is 4.68. The van der Waals surface area contributed by atoms with Crippen molar-refractivity contribution in [1.29, 1.82) is 0 Å². The maximum absolute atomic E-state index is 12.6. The molecule has 3 nitrogen and oxygen atoms in total. The number of hydrogen-bond donors (Lipinski definition) is 1. The van der Waals surface area contributed by atoms with Crippen molar-refractivity contribution >= 4 is 18.3 Å². The van der Waals surface area contributed by atoms with Crippen LogP contribution in [0.4, 0.5) is 0 Å². The first kappa shape index (κ1) is 19.0. The highest BCUT2D eigenvalue weighted by molar-refractivity contribution is 5.85. The molecule has 0 aromatic heterocycles. The van der Waals surface area contributed by atoms with Gasteiger partial charge in [-0.2, -0.15) is 0 Å².